The Labute approximate surface area is 169 Å². The van der Waals surface area contributed by atoms with Gasteiger partial charge in [-0.3, -0.25) is 4.99 Å². The summed E-state index contributed by atoms with van der Waals surface area (Å²) >= 11 is 2.32. The van der Waals surface area contributed by atoms with E-state index in [1.165, 1.54) is 14.7 Å². The van der Waals surface area contributed by atoms with E-state index in [0.29, 0.717) is 0 Å². The molecule has 2 aromatic carbocycles. The first kappa shape index (κ1) is 18.6. The molecular weight excluding hydrogens is 431 g/mol. The van der Waals surface area contributed by atoms with Crippen LogP contribution in [0.5, 0.6) is 0 Å². The molecule has 26 heavy (non-hydrogen) atoms. The minimum atomic E-state index is -0.0539. The molecule has 2 unspecified atom stereocenters. The van der Waals surface area contributed by atoms with Crippen LogP contribution in [-0.2, 0) is 0 Å². The highest BCUT2D eigenvalue weighted by Crippen LogP contribution is 2.36. The van der Waals surface area contributed by atoms with Gasteiger partial charge >= 0.3 is 0 Å². The zero-order valence-corrected chi connectivity index (χ0v) is 17.3. The van der Waals surface area contributed by atoms with Crippen LogP contribution in [0.4, 0.5) is 0 Å². The average molecular weight is 454 g/mol. The third-order valence-electron chi connectivity index (χ3n) is 4.55. The van der Waals surface area contributed by atoms with Crippen LogP contribution in [0.1, 0.15) is 31.1 Å². The van der Waals surface area contributed by atoms with Gasteiger partial charge in [0.1, 0.15) is 6.17 Å². The molecule has 0 radical (unpaired) electrons. The van der Waals surface area contributed by atoms with Crippen molar-refractivity contribution in [1.29, 1.82) is 0 Å². The number of aliphatic imine (C=N–C) groups is 1. The van der Waals surface area contributed by atoms with Gasteiger partial charge in [-0.15, -0.1) is 0 Å². The van der Waals surface area contributed by atoms with Crippen molar-refractivity contribution in [2.45, 2.75) is 26.1 Å². The predicted octanol–water partition coefficient (Wildman–Crippen LogP) is 6.29. The molecule has 2 nitrogen and oxygen atoms in total. The van der Waals surface area contributed by atoms with Crippen LogP contribution >= 0.6 is 22.6 Å². The molecule has 0 amide bonds. The Morgan fingerprint density at radius 2 is 1.65 bits per heavy atom. The Kier molecular flexibility index (Phi) is 6.09. The summed E-state index contributed by atoms with van der Waals surface area (Å²) in [6.45, 7) is 8.57. The van der Waals surface area contributed by atoms with E-state index >= 15 is 0 Å². The number of benzene rings is 2. The Bertz CT molecular complexity index is 850. The lowest BCUT2D eigenvalue weighted by molar-refractivity contribution is 0.279. The summed E-state index contributed by atoms with van der Waals surface area (Å²) in [6.07, 6.45) is 6.20. The fraction of sp³-hybridized carbons (Fsp3) is 0.174. The molecule has 0 saturated heterocycles. The Morgan fingerprint density at radius 1 is 1.04 bits per heavy atom. The Morgan fingerprint density at radius 3 is 2.27 bits per heavy atom. The minimum absolute atomic E-state index is 0.0539. The lowest BCUT2D eigenvalue weighted by atomic mass is 10.0. The number of hydrogen-bond acceptors (Lipinski definition) is 2. The van der Waals surface area contributed by atoms with Gasteiger partial charge in [-0.1, -0.05) is 73.3 Å². The molecule has 3 heteroatoms. The van der Waals surface area contributed by atoms with Crippen molar-refractivity contribution in [1.82, 2.24) is 4.90 Å². The zero-order chi connectivity index (χ0) is 18.5. The summed E-state index contributed by atoms with van der Waals surface area (Å²) in [6, 6.07) is 21.0. The van der Waals surface area contributed by atoms with Crippen LogP contribution in [0.25, 0.3) is 0 Å². The Hall–Kier alpha value is -2.14. The van der Waals surface area contributed by atoms with Gasteiger partial charge in [-0.2, -0.15) is 0 Å². The van der Waals surface area contributed by atoms with Gasteiger partial charge in [-0.25, -0.2) is 0 Å². The van der Waals surface area contributed by atoms with Gasteiger partial charge < -0.3 is 4.90 Å². The molecule has 0 N–H and O–H groups in total. The van der Waals surface area contributed by atoms with Gasteiger partial charge in [0.2, 0.25) is 0 Å². The lowest BCUT2D eigenvalue weighted by Crippen LogP contribution is -2.33. The molecule has 0 bridgehead atoms. The van der Waals surface area contributed by atoms with Gasteiger partial charge in [-0.05, 0) is 59.7 Å². The first-order valence-electron chi connectivity index (χ1n) is 8.77. The zero-order valence-electron chi connectivity index (χ0n) is 15.1. The van der Waals surface area contributed by atoms with Crippen LogP contribution in [0.3, 0.4) is 0 Å². The fourth-order valence-corrected chi connectivity index (χ4v) is 3.37. The maximum absolute atomic E-state index is 5.09. The standard InChI is InChI=1S/C23H23IN2/c1-4-21(24)16-15-17(2)26-18(3)22(19-11-7-5-8-12-19)25-23(26)20-13-9-6-10-14-20/h4-16,18,23H,2H2,1,3H3/b16-15-,21-4+. The van der Waals surface area contributed by atoms with Crippen molar-refractivity contribution in [2.24, 2.45) is 4.99 Å². The monoisotopic (exact) mass is 454 g/mol. The van der Waals surface area contributed by atoms with E-state index in [-0.39, 0.29) is 12.2 Å². The molecule has 0 aliphatic carbocycles. The largest absolute Gasteiger partial charge is 0.338 e. The summed E-state index contributed by atoms with van der Waals surface area (Å²) in [5.74, 6) is 0. The SMILES string of the molecule is C=C(/C=C\C(I)=C/C)N1C(C)C(c2ccccc2)=NC1c1ccccc1. The van der Waals surface area contributed by atoms with Crippen molar-refractivity contribution in [3.8, 4) is 0 Å². The molecule has 2 aromatic rings. The third kappa shape index (κ3) is 3.98. The van der Waals surface area contributed by atoms with Crippen LogP contribution in [0.2, 0.25) is 0 Å². The molecule has 0 spiro atoms. The molecule has 3 rings (SSSR count). The van der Waals surface area contributed by atoms with E-state index in [0.717, 1.165) is 11.4 Å². The molecule has 1 aliphatic rings. The molecule has 0 aromatic heterocycles. The quantitative estimate of drug-likeness (QED) is 0.383. The molecule has 0 fully saturated rings. The van der Waals surface area contributed by atoms with E-state index in [9.17, 15) is 0 Å². The average Bonchev–Trinajstić information content (AvgIpc) is 3.04. The predicted molar refractivity (Wildman–Crippen MR) is 120 cm³/mol. The first-order chi connectivity index (χ1) is 12.6. The molecular formula is C23H23IN2. The fourth-order valence-electron chi connectivity index (χ4n) is 3.19. The van der Waals surface area contributed by atoms with Crippen LogP contribution < -0.4 is 0 Å². The molecule has 2 atom stereocenters. The summed E-state index contributed by atoms with van der Waals surface area (Å²) in [4.78, 5) is 7.39. The number of nitrogens with zero attached hydrogens (tertiary/aromatic N) is 2. The number of rotatable bonds is 5. The topological polar surface area (TPSA) is 15.6 Å². The molecule has 0 saturated carbocycles. The summed E-state index contributed by atoms with van der Waals surface area (Å²) < 4.78 is 1.19. The lowest BCUT2D eigenvalue weighted by Gasteiger charge is -2.30. The summed E-state index contributed by atoms with van der Waals surface area (Å²) in [5.41, 5.74) is 4.43. The second-order valence-corrected chi connectivity index (χ2v) is 7.49. The minimum Gasteiger partial charge on any atom is -0.338 e. The van der Waals surface area contributed by atoms with E-state index in [2.05, 4.69) is 108 Å². The van der Waals surface area contributed by atoms with Crippen LogP contribution in [-0.4, -0.2) is 16.7 Å². The van der Waals surface area contributed by atoms with Gasteiger partial charge in [0.15, 0.2) is 0 Å². The van der Waals surface area contributed by atoms with Crippen LogP contribution in [0, 0.1) is 0 Å². The maximum Gasteiger partial charge on any atom is 0.148 e. The number of allylic oxidation sites excluding steroid dienone is 4. The van der Waals surface area contributed by atoms with E-state index in [4.69, 9.17) is 4.99 Å². The van der Waals surface area contributed by atoms with Crippen molar-refractivity contribution < 1.29 is 0 Å². The van der Waals surface area contributed by atoms with Crippen molar-refractivity contribution in [3.63, 3.8) is 0 Å². The number of hydrogen-bond donors (Lipinski definition) is 0. The third-order valence-corrected chi connectivity index (χ3v) is 5.53. The normalized spacial score (nSPS) is 20.5. The van der Waals surface area contributed by atoms with Crippen molar-refractivity contribution in [2.75, 3.05) is 0 Å². The van der Waals surface area contributed by atoms with Gasteiger partial charge in [0.25, 0.3) is 0 Å². The van der Waals surface area contributed by atoms with Crippen LogP contribution in [0.15, 0.2) is 99.7 Å². The number of halogens is 1. The smallest absolute Gasteiger partial charge is 0.148 e. The van der Waals surface area contributed by atoms with E-state index < -0.39 is 0 Å². The van der Waals surface area contributed by atoms with Crippen molar-refractivity contribution in [3.05, 3.63) is 106 Å². The van der Waals surface area contributed by atoms with E-state index in [1.807, 2.05) is 19.1 Å². The summed E-state index contributed by atoms with van der Waals surface area (Å²) in [5, 5.41) is 0. The second kappa shape index (κ2) is 8.49. The highest BCUT2D eigenvalue weighted by atomic mass is 127. The molecule has 1 heterocycles. The maximum atomic E-state index is 5.09. The van der Waals surface area contributed by atoms with Gasteiger partial charge in [0.05, 0.1) is 11.8 Å². The van der Waals surface area contributed by atoms with Crippen molar-refractivity contribution >= 4 is 28.3 Å². The summed E-state index contributed by atoms with van der Waals surface area (Å²) in [7, 11) is 0. The highest BCUT2D eigenvalue weighted by Gasteiger charge is 2.34. The first-order valence-corrected chi connectivity index (χ1v) is 9.85. The molecule has 1 aliphatic heterocycles. The molecule has 132 valence electrons. The Balaban J connectivity index is 1.99. The van der Waals surface area contributed by atoms with E-state index in [1.54, 1.807) is 0 Å². The van der Waals surface area contributed by atoms with Gasteiger partial charge in [0, 0.05) is 9.28 Å². The second-order valence-electron chi connectivity index (χ2n) is 6.25. The highest BCUT2D eigenvalue weighted by molar-refractivity contribution is 14.1.